The SMILES string of the molecule is COc1ccc(NC(=O)COc2cc(C)nc(N3CCN(c4ccccc4)CC3)n2)cc1. The van der Waals surface area contributed by atoms with E-state index in [-0.39, 0.29) is 12.5 Å². The summed E-state index contributed by atoms with van der Waals surface area (Å²) in [6.07, 6.45) is 0. The van der Waals surface area contributed by atoms with Gasteiger partial charge in [-0.3, -0.25) is 4.79 Å². The van der Waals surface area contributed by atoms with Crippen LogP contribution in [-0.4, -0.2) is 55.8 Å². The second-order valence-corrected chi connectivity index (χ2v) is 7.52. The van der Waals surface area contributed by atoms with Gasteiger partial charge in [-0.25, -0.2) is 4.98 Å². The number of nitrogens with zero attached hydrogens (tertiary/aromatic N) is 4. The van der Waals surface area contributed by atoms with Gasteiger partial charge in [-0.1, -0.05) is 18.2 Å². The van der Waals surface area contributed by atoms with E-state index in [0.717, 1.165) is 37.6 Å². The molecule has 4 rings (SSSR count). The zero-order valence-electron chi connectivity index (χ0n) is 18.3. The molecule has 0 aliphatic carbocycles. The molecule has 0 bridgehead atoms. The number of benzene rings is 2. The number of aryl methyl sites for hydroxylation is 1. The molecule has 2 aromatic carbocycles. The van der Waals surface area contributed by atoms with E-state index in [9.17, 15) is 4.79 Å². The van der Waals surface area contributed by atoms with Crippen LogP contribution in [0.4, 0.5) is 17.3 Å². The molecule has 2 heterocycles. The molecule has 1 aliphatic rings. The average molecular weight is 434 g/mol. The minimum atomic E-state index is -0.260. The Labute approximate surface area is 187 Å². The number of hydrogen-bond acceptors (Lipinski definition) is 7. The van der Waals surface area contributed by atoms with Gasteiger partial charge >= 0.3 is 0 Å². The molecule has 0 saturated carbocycles. The van der Waals surface area contributed by atoms with Crippen LogP contribution in [0.3, 0.4) is 0 Å². The summed E-state index contributed by atoms with van der Waals surface area (Å²) < 4.78 is 10.8. The molecule has 8 heteroatoms. The van der Waals surface area contributed by atoms with Gasteiger partial charge in [-0.15, -0.1) is 0 Å². The monoisotopic (exact) mass is 433 g/mol. The highest BCUT2D eigenvalue weighted by Crippen LogP contribution is 2.20. The van der Waals surface area contributed by atoms with E-state index < -0.39 is 0 Å². The first-order valence-corrected chi connectivity index (χ1v) is 10.6. The molecule has 0 radical (unpaired) electrons. The van der Waals surface area contributed by atoms with Crippen molar-refractivity contribution in [1.29, 1.82) is 0 Å². The van der Waals surface area contributed by atoms with E-state index in [0.29, 0.717) is 17.5 Å². The van der Waals surface area contributed by atoms with E-state index in [1.807, 2.05) is 13.0 Å². The first kappa shape index (κ1) is 21.4. The summed E-state index contributed by atoms with van der Waals surface area (Å²) >= 11 is 0. The number of aromatic nitrogens is 2. The third-order valence-electron chi connectivity index (χ3n) is 5.23. The van der Waals surface area contributed by atoms with Gasteiger partial charge in [-0.05, 0) is 43.3 Å². The van der Waals surface area contributed by atoms with Gasteiger partial charge in [0.2, 0.25) is 11.8 Å². The normalized spacial score (nSPS) is 13.6. The minimum Gasteiger partial charge on any atom is -0.497 e. The molecule has 1 aromatic heterocycles. The molecular weight excluding hydrogens is 406 g/mol. The lowest BCUT2D eigenvalue weighted by atomic mass is 10.2. The molecule has 0 spiro atoms. The van der Waals surface area contributed by atoms with Crippen molar-refractivity contribution in [2.45, 2.75) is 6.92 Å². The molecule has 166 valence electrons. The smallest absolute Gasteiger partial charge is 0.262 e. The highest BCUT2D eigenvalue weighted by atomic mass is 16.5. The van der Waals surface area contributed by atoms with Crippen LogP contribution in [0.15, 0.2) is 60.7 Å². The van der Waals surface area contributed by atoms with Gasteiger partial charge in [-0.2, -0.15) is 4.98 Å². The lowest BCUT2D eigenvalue weighted by Crippen LogP contribution is -2.47. The Morgan fingerprint density at radius 3 is 2.34 bits per heavy atom. The van der Waals surface area contributed by atoms with Gasteiger partial charge in [0, 0.05) is 49.3 Å². The van der Waals surface area contributed by atoms with Gasteiger partial charge in [0.05, 0.1) is 7.11 Å². The molecule has 1 aliphatic heterocycles. The quantitative estimate of drug-likeness (QED) is 0.613. The Bertz CT molecular complexity index is 1040. The number of piperazine rings is 1. The number of anilines is 3. The number of carbonyl (C=O) groups is 1. The number of amides is 1. The highest BCUT2D eigenvalue weighted by molar-refractivity contribution is 5.91. The first-order chi connectivity index (χ1) is 15.6. The van der Waals surface area contributed by atoms with Gasteiger partial charge < -0.3 is 24.6 Å². The number of ether oxygens (including phenoxy) is 2. The number of para-hydroxylation sites is 1. The summed E-state index contributed by atoms with van der Waals surface area (Å²) in [4.78, 5) is 25.9. The fraction of sp³-hybridized carbons (Fsp3) is 0.292. The maximum atomic E-state index is 12.3. The summed E-state index contributed by atoms with van der Waals surface area (Å²) in [5.41, 5.74) is 2.70. The molecule has 0 unspecified atom stereocenters. The number of methoxy groups -OCH3 is 1. The zero-order chi connectivity index (χ0) is 22.3. The van der Waals surface area contributed by atoms with Crippen molar-refractivity contribution in [1.82, 2.24) is 9.97 Å². The van der Waals surface area contributed by atoms with E-state index in [1.165, 1.54) is 5.69 Å². The van der Waals surface area contributed by atoms with Crippen molar-refractivity contribution in [3.63, 3.8) is 0 Å². The van der Waals surface area contributed by atoms with Crippen molar-refractivity contribution >= 4 is 23.2 Å². The average Bonchev–Trinajstić information content (AvgIpc) is 2.83. The molecule has 1 saturated heterocycles. The Balaban J connectivity index is 1.33. The lowest BCUT2D eigenvalue weighted by Gasteiger charge is -2.36. The van der Waals surface area contributed by atoms with Crippen LogP contribution in [0.5, 0.6) is 11.6 Å². The van der Waals surface area contributed by atoms with E-state index in [2.05, 4.69) is 49.4 Å². The van der Waals surface area contributed by atoms with Crippen LogP contribution in [0.25, 0.3) is 0 Å². The van der Waals surface area contributed by atoms with Crippen LogP contribution < -0.4 is 24.6 Å². The molecule has 1 amide bonds. The molecule has 1 N–H and O–H groups in total. The standard InChI is InChI=1S/C24H27N5O3/c1-18-16-23(32-17-22(30)26-19-8-10-21(31-2)11-9-19)27-24(25-18)29-14-12-28(13-15-29)20-6-4-3-5-7-20/h3-11,16H,12-15,17H2,1-2H3,(H,26,30). The minimum absolute atomic E-state index is 0.135. The van der Waals surface area contributed by atoms with Crippen molar-refractivity contribution in [3.8, 4) is 11.6 Å². The summed E-state index contributed by atoms with van der Waals surface area (Å²) in [6.45, 7) is 5.18. The van der Waals surface area contributed by atoms with Crippen molar-refractivity contribution in [3.05, 3.63) is 66.4 Å². The largest absolute Gasteiger partial charge is 0.497 e. The second-order valence-electron chi connectivity index (χ2n) is 7.52. The summed E-state index contributed by atoms with van der Waals surface area (Å²) in [5.74, 6) is 1.49. The van der Waals surface area contributed by atoms with Gasteiger partial charge in [0.25, 0.3) is 5.91 Å². The zero-order valence-corrected chi connectivity index (χ0v) is 18.3. The van der Waals surface area contributed by atoms with Crippen LogP contribution in [0, 0.1) is 6.92 Å². The predicted octanol–water partition coefficient (Wildman–Crippen LogP) is 3.14. The van der Waals surface area contributed by atoms with Crippen LogP contribution >= 0.6 is 0 Å². The first-order valence-electron chi connectivity index (χ1n) is 10.6. The summed E-state index contributed by atoms with van der Waals surface area (Å²) in [6, 6.07) is 19.3. The van der Waals surface area contributed by atoms with Crippen LogP contribution in [0.2, 0.25) is 0 Å². The second kappa shape index (κ2) is 10.00. The Kier molecular flexibility index (Phi) is 6.69. The molecule has 1 fully saturated rings. The predicted molar refractivity (Wildman–Crippen MR) is 125 cm³/mol. The summed E-state index contributed by atoms with van der Waals surface area (Å²) in [5, 5.41) is 2.80. The topological polar surface area (TPSA) is 79.8 Å². The Hall–Kier alpha value is -3.81. The third kappa shape index (κ3) is 5.46. The lowest BCUT2D eigenvalue weighted by molar-refractivity contribution is -0.118. The maximum Gasteiger partial charge on any atom is 0.262 e. The Morgan fingerprint density at radius 2 is 1.66 bits per heavy atom. The molecule has 32 heavy (non-hydrogen) atoms. The molecular formula is C24H27N5O3. The van der Waals surface area contributed by atoms with Crippen molar-refractivity contribution < 1.29 is 14.3 Å². The van der Waals surface area contributed by atoms with Gasteiger partial charge in [0.1, 0.15) is 5.75 Å². The number of hydrogen-bond donors (Lipinski definition) is 1. The summed E-state index contributed by atoms with van der Waals surface area (Å²) in [7, 11) is 1.60. The highest BCUT2D eigenvalue weighted by Gasteiger charge is 2.20. The molecule has 0 atom stereocenters. The number of rotatable bonds is 7. The number of nitrogens with one attached hydrogen (secondary N) is 1. The van der Waals surface area contributed by atoms with Crippen molar-refractivity contribution in [2.24, 2.45) is 0 Å². The maximum absolute atomic E-state index is 12.3. The van der Waals surface area contributed by atoms with Crippen molar-refractivity contribution in [2.75, 3.05) is 55.0 Å². The third-order valence-corrected chi connectivity index (χ3v) is 5.23. The van der Waals surface area contributed by atoms with Crippen LogP contribution in [-0.2, 0) is 4.79 Å². The number of carbonyl (C=O) groups excluding carboxylic acids is 1. The van der Waals surface area contributed by atoms with E-state index in [1.54, 1.807) is 37.4 Å². The fourth-order valence-corrected chi connectivity index (χ4v) is 3.55. The van der Waals surface area contributed by atoms with E-state index in [4.69, 9.17) is 9.47 Å². The van der Waals surface area contributed by atoms with Crippen LogP contribution in [0.1, 0.15) is 5.69 Å². The Morgan fingerprint density at radius 1 is 0.969 bits per heavy atom. The molecule has 3 aromatic rings. The van der Waals surface area contributed by atoms with E-state index >= 15 is 0 Å². The molecule has 8 nitrogen and oxygen atoms in total. The fourth-order valence-electron chi connectivity index (χ4n) is 3.55. The van der Waals surface area contributed by atoms with Gasteiger partial charge in [0.15, 0.2) is 6.61 Å².